The zero-order chi connectivity index (χ0) is 10.8. The lowest BCUT2D eigenvalue weighted by molar-refractivity contribution is 0.0782. The molecule has 80 valence electrons. The molecule has 2 rings (SSSR count). The van der Waals surface area contributed by atoms with Crippen LogP contribution in [0.1, 0.15) is 29.7 Å². The molecule has 0 spiro atoms. The van der Waals surface area contributed by atoms with Gasteiger partial charge in [0.25, 0.3) is 5.91 Å². The van der Waals surface area contributed by atoms with Gasteiger partial charge < -0.3 is 4.90 Å². The molecule has 15 heavy (non-hydrogen) atoms. The highest BCUT2D eigenvalue weighted by Gasteiger charge is 2.24. The van der Waals surface area contributed by atoms with E-state index in [2.05, 4.69) is 16.9 Å². The van der Waals surface area contributed by atoms with Crippen molar-refractivity contribution in [1.29, 1.82) is 0 Å². The molecule has 0 aliphatic carbocycles. The van der Waals surface area contributed by atoms with Crippen LogP contribution in [0.5, 0.6) is 0 Å². The van der Waals surface area contributed by atoms with E-state index in [1.165, 1.54) is 0 Å². The minimum atomic E-state index is 0.0323. The fourth-order valence-electron chi connectivity index (χ4n) is 1.86. The van der Waals surface area contributed by atoms with Gasteiger partial charge >= 0.3 is 0 Å². The number of hydrogen-bond acceptors (Lipinski definition) is 3. The van der Waals surface area contributed by atoms with Crippen molar-refractivity contribution < 1.29 is 4.79 Å². The lowest BCUT2D eigenvalue weighted by Crippen LogP contribution is -2.29. The Morgan fingerprint density at radius 3 is 3.00 bits per heavy atom. The lowest BCUT2D eigenvalue weighted by Gasteiger charge is -2.14. The Labute approximate surface area is 89.3 Å². The molecular formula is C11H15N3O. The van der Waals surface area contributed by atoms with Gasteiger partial charge in [-0.2, -0.15) is 0 Å². The van der Waals surface area contributed by atoms with Gasteiger partial charge in [0.1, 0.15) is 11.5 Å². The van der Waals surface area contributed by atoms with Crippen LogP contribution in [0.15, 0.2) is 12.3 Å². The van der Waals surface area contributed by atoms with E-state index >= 15 is 0 Å². The second kappa shape index (κ2) is 3.96. The molecule has 1 fully saturated rings. The molecule has 1 aromatic heterocycles. The molecule has 4 heteroatoms. The van der Waals surface area contributed by atoms with E-state index in [1.54, 1.807) is 19.2 Å². The summed E-state index contributed by atoms with van der Waals surface area (Å²) in [5.74, 6) is 1.29. The van der Waals surface area contributed by atoms with Crippen molar-refractivity contribution >= 4 is 5.91 Å². The second-order valence-electron chi connectivity index (χ2n) is 4.13. The van der Waals surface area contributed by atoms with Gasteiger partial charge in [-0.25, -0.2) is 9.97 Å². The zero-order valence-corrected chi connectivity index (χ0v) is 9.10. The summed E-state index contributed by atoms with van der Waals surface area (Å²) in [6.45, 7) is 5.66. The molecule has 1 aliphatic rings. The first-order chi connectivity index (χ1) is 7.16. The third kappa shape index (κ3) is 2.14. The summed E-state index contributed by atoms with van der Waals surface area (Å²) in [7, 11) is 0. The van der Waals surface area contributed by atoms with Gasteiger partial charge in [-0.1, -0.05) is 6.92 Å². The van der Waals surface area contributed by atoms with Gasteiger partial charge in [-0.05, 0) is 25.3 Å². The van der Waals surface area contributed by atoms with E-state index in [9.17, 15) is 4.79 Å². The summed E-state index contributed by atoms with van der Waals surface area (Å²) < 4.78 is 0. The quantitative estimate of drug-likeness (QED) is 0.693. The first kappa shape index (κ1) is 10.1. The number of hydrogen-bond donors (Lipinski definition) is 0. The standard InChI is InChI=1S/C11H15N3O/c1-8-4-6-14(7-8)11(15)10-3-5-12-9(2)13-10/h3,5,8H,4,6-7H2,1-2H3. The minimum absolute atomic E-state index is 0.0323. The number of carbonyl (C=O) groups excluding carboxylic acids is 1. The smallest absolute Gasteiger partial charge is 0.272 e. The second-order valence-corrected chi connectivity index (χ2v) is 4.13. The van der Waals surface area contributed by atoms with Crippen LogP contribution in [-0.4, -0.2) is 33.9 Å². The number of carbonyl (C=O) groups is 1. The first-order valence-electron chi connectivity index (χ1n) is 5.26. The molecule has 4 nitrogen and oxygen atoms in total. The number of rotatable bonds is 1. The molecule has 0 N–H and O–H groups in total. The zero-order valence-electron chi connectivity index (χ0n) is 9.10. The monoisotopic (exact) mass is 205 g/mol. The van der Waals surface area contributed by atoms with Gasteiger partial charge in [0.15, 0.2) is 0 Å². The summed E-state index contributed by atoms with van der Waals surface area (Å²) in [5, 5.41) is 0. The number of amides is 1. The number of likely N-dealkylation sites (tertiary alicyclic amines) is 1. The number of aryl methyl sites for hydroxylation is 1. The van der Waals surface area contributed by atoms with Crippen molar-refractivity contribution in [2.75, 3.05) is 13.1 Å². The van der Waals surface area contributed by atoms with Crippen LogP contribution in [0, 0.1) is 12.8 Å². The summed E-state index contributed by atoms with van der Waals surface area (Å²) in [6, 6.07) is 1.68. The SMILES string of the molecule is Cc1nccc(C(=O)N2CCC(C)C2)n1. The predicted octanol–water partition coefficient (Wildman–Crippen LogP) is 1.27. The Morgan fingerprint density at radius 1 is 1.60 bits per heavy atom. The Bertz CT molecular complexity index is 378. The van der Waals surface area contributed by atoms with E-state index in [4.69, 9.17) is 0 Å². The molecule has 1 aliphatic heterocycles. The molecule has 0 bridgehead atoms. The highest BCUT2D eigenvalue weighted by molar-refractivity contribution is 5.92. The highest BCUT2D eigenvalue weighted by atomic mass is 16.2. The highest BCUT2D eigenvalue weighted by Crippen LogP contribution is 2.16. The Kier molecular flexibility index (Phi) is 2.66. The molecule has 1 aromatic rings. The van der Waals surface area contributed by atoms with E-state index in [0.29, 0.717) is 17.4 Å². The van der Waals surface area contributed by atoms with E-state index in [1.807, 2.05) is 4.90 Å². The number of aromatic nitrogens is 2. The first-order valence-corrected chi connectivity index (χ1v) is 5.26. The Hall–Kier alpha value is -1.45. The molecule has 0 aromatic carbocycles. The third-order valence-electron chi connectivity index (χ3n) is 2.71. The average molecular weight is 205 g/mol. The van der Waals surface area contributed by atoms with Crippen molar-refractivity contribution in [1.82, 2.24) is 14.9 Å². The predicted molar refractivity (Wildman–Crippen MR) is 56.5 cm³/mol. The normalized spacial score (nSPS) is 20.7. The fraction of sp³-hybridized carbons (Fsp3) is 0.545. The van der Waals surface area contributed by atoms with E-state index in [0.717, 1.165) is 19.5 Å². The molecule has 0 radical (unpaired) electrons. The van der Waals surface area contributed by atoms with Crippen LogP contribution < -0.4 is 0 Å². The van der Waals surface area contributed by atoms with Crippen molar-refractivity contribution in [2.45, 2.75) is 20.3 Å². The maximum absolute atomic E-state index is 12.0. The lowest BCUT2D eigenvalue weighted by atomic mass is 10.2. The van der Waals surface area contributed by atoms with Crippen LogP contribution in [-0.2, 0) is 0 Å². The summed E-state index contributed by atoms with van der Waals surface area (Å²) in [6.07, 6.45) is 2.73. The van der Waals surface area contributed by atoms with Crippen molar-refractivity contribution in [3.63, 3.8) is 0 Å². The molecule has 2 heterocycles. The van der Waals surface area contributed by atoms with Gasteiger partial charge in [-0.15, -0.1) is 0 Å². The fourth-order valence-corrected chi connectivity index (χ4v) is 1.86. The molecular weight excluding hydrogens is 190 g/mol. The maximum Gasteiger partial charge on any atom is 0.272 e. The Balaban J connectivity index is 2.14. The van der Waals surface area contributed by atoms with Crippen LogP contribution in [0.4, 0.5) is 0 Å². The molecule has 1 saturated heterocycles. The molecule has 1 amide bonds. The Morgan fingerprint density at radius 2 is 2.40 bits per heavy atom. The van der Waals surface area contributed by atoms with Crippen LogP contribution >= 0.6 is 0 Å². The van der Waals surface area contributed by atoms with Gasteiger partial charge in [0.2, 0.25) is 0 Å². The van der Waals surface area contributed by atoms with E-state index < -0.39 is 0 Å². The maximum atomic E-state index is 12.0. The largest absolute Gasteiger partial charge is 0.337 e. The molecule has 1 atom stereocenters. The molecule has 1 unspecified atom stereocenters. The van der Waals surface area contributed by atoms with Gasteiger partial charge in [0.05, 0.1) is 0 Å². The van der Waals surface area contributed by atoms with Crippen molar-refractivity contribution in [3.05, 3.63) is 23.8 Å². The molecule has 0 saturated carbocycles. The topological polar surface area (TPSA) is 46.1 Å². The van der Waals surface area contributed by atoms with Gasteiger partial charge in [0, 0.05) is 19.3 Å². The van der Waals surface area contributed by atoms with Crippen molar-refractivity contribution in [3.8, 4) is 0 Å². The average Bonchev–Trinajstić information content (AvgIpc) is 2.64. The summed E-state index contributed by atoms with van der Waals surface area (Å²) in [5.41, 5.74) is 0.511. The van der Waals surface area contributed by atoms with Crippen LogP contribution in [0.25, 0.3) is 0 Å². The van der Waals surface area contributed by atoms with Crippen LogP contribution in [0.2, 0.25) is 0 Å². The third-order valence-corrected chi connectivity index (χ3v) is 2.71. The van der Waals surface area contributed by atoms with Crippen LogP contribution in [0.3, 0.4) is 0 Å². The van der Waals surface area contributed by atoms with Gasteiger partial charge in [-0.3, -0.25) is 4.79 Å². The van der Waals surface area contributed by atoms with Crippen molar-refractivity contribution in [2.24, 2.45) is 5.92 Å². The number of nitrogens with zero attached hydrogens (tertiary/aromatic N) is 3. The summed E-state index contributed by atoms with van der Waals surface area (Å²) in [4.78, 5) is 22.0. The summed E-state index contributed by atoms with van der Waals surface area (Å²) >= 11 is 0. The minimum Gasteiger partial charge on any atom is -0.337 e. The van der Waals surface area contributed by atoms with E-state index in [-0.39, 0.29) is 5.91 Å².